The Morgan fingerprint density at radius 3 is 0.308 bits per heavy atom. The zero-order valence-electron chi connectivity index (χ0n) is 5.86. The van der Waals surface area contributed by atoms with E-state index in [9.17, 15) is 0 Å². The van der Waals surface area contributed by atoms with E-state index in [0.717, 1.165) is 0 Å². The first-order valence-corrected chi connectivity index (χ1v) is 1.22. The van der Waals surface area contributed by atoms with Gasteiger partial charge in [-0.1, -0.05) is 0 Å². The molecule has 6 nitrogen and oxygen atoms in total. The van der Waals surface area contributed by atoms with Crippen molar-refractivity contribution in [1.29, 1.82) is 0 Å². The van der Waals surface area contributed by atoms with Crippen LogP contribution in [-0.4, -0.2) is 40.7 Å². The standard InChI is InChI=1S/6CO.W/c6*1-2;/q6*-1;. The van der Waals surface area contributed by atoms with E-state index in [2.05, 4.69) is 40.7 Å². The summed E-state index contributed by atoms with van der Waals surface area (Å²) >= 11 is 0. The molecule has 0 aliphatic carbocycles. The summed E-state index contributed by atoms with van der Waals surface area (Å²) in [7, 11) is 0. The van der Waals surface area contributed by atoms with E-state index >= 15 is 0 Å². The second-order valence-corrected chi connectivity index (χ2v) is 0. The Labute approximate surface area is 91.0 Å². The molecule has 0 atom stereocenters. The van der Waals surface area contributed by atoms with Crippen molar-refractivity contribution in [1.82, 2.24) is 0 Å². The largest absolute Gasteiger partial charge is 0.573 e. The van der Waals surface area contributed by atoms with Crippen molar-refractivity contribution >= 4 is 40.7 Å². The zero-order valence-corrected chi connectivity index (χ0v) is 8.79. The third-order valence-corrected chi connectivity index (χ3v) is 0. The number of hydrogen-bond acceptors (Lipinski definition) is 6. The van der Waals surface area contributed by atoms with Crippen LogP contribution in [0.1, 0.15) is 0 Å². The summed E-state index contributed by atoms with van der Waals surface area (Å²) in [5.74, 6) is 0. The minimum atomic E-state index is 0. The van der Waals surface area contributed by atoms with Crippen LogP contribution in [-0.2, 0) is 49.8 Å². The van der Waals surface area contributed by atoms with Crippen LogP contribution in [0.5, 0.6) is 0 Å². The van der Waals surface area contributed by atoms with Gasteiger partial charge in [-0.15, -0.1) is 0 Å². The van der Waals surface area contributed by atoms with Gasteiger partial charge in [-0.05, 0) is 0 Å². The first-order valence-electron chi connectivity index (χ1n) is 1.22. The second-order valence-electron chi connectivity index (χ2n) is 0. The molecule has 6 radical (unpaired) electrons. The molecule has 0 bridgehead atoms. The quantitative estimate of drug-likeness (QED) is 0.451. The Balaban J connectivity index is -0.00000000655. The maximum atomic E-state index is 7.50. The fourth-order valence-corrected chi connectivity index (χ4v) is 0. The van der Waals surface area contributed by atoms with Gasteiger partial charge < -0.3 is 69.5 Å². The van der Waals surface area contributed by atoms with Gasteiger partial charge in [0, 0.05) is 21.1 Å². The van der Waals surface area contributed by atoms with Gasteiger partial charge in [0.2, 0.25) is 0 Å². The minimum absolute atomic E-state index is 0. The molecular formula is C6O6W-6. The monoisotopic (exact) mass is 352 g/mol. The van der Waals surface area contributed by atoms with Gasteiger partial charge in [0.05, 0.1) is 0 Å². The molecule has 0 aromatic heterocycles. The van der Waals surface area contributed by atoms with Crippen LogP contribution in [0.2, 0.25) is 0 Å². The Bertz CT molecular complexity index is 32.6. The third kappa shape index (κ3) is 487. The summed E-state index contributed by atoms with van der Waals surface area (Å²) in [6, 6.07) is 0. The molecule has 13 heavy (non-hydrogen) atoms. The average Bonchev–Trinajstić information content (AvgIpc) is 2.33. The SMILES string of the molecule is [C-]=O.[C-]=O.[C-]=O.[C-]=O.[C-]=O.[C-]=O.[W]. The Hall–Kier alpha value is -1.29. The molecule has 0 spiro atoms. The van der Waals surface area contributed by atoms with Crippen LogP contribution < -0.4 is 0 Å². The molecule has 0 unspecified atom stereocenters. The van der Waals surface area contributed by atoms with Gasteiger partial charge in [-0.3, -0.25) is 0 Å². The molecule has 0 amide bonds. The second kappa shape index (κ2) is 605. The summed E-state index contributed by atoms with van der Waals surface area (Å²) in [5.41, 5.74) is 0. The van der Waals surface area contributed by atoms with Crippen LogP contribution in [0.25, 0.3) is 0 Å². The Morgan fingerprint density at radius 1 is 0.308 bits per heavy atom. The molecule has 0 aliphatic rings. The molecule has 0 aromatic carbocycles. The minimum Gasteiger partial charge on any atom is -0.573 e. The first-order chi connectivity index (χ1) is 6.00. The number of hydrogen-bond donors (Lipinski definition) is 0. The van der Waals surface area contributed by atoms with Crippen molar-refractivity contribution in [2.45, 2.75) is 0 Å². The molecule has 0 fully saturated rings. The van der Waals surface area contributed by atoms with Crippen molar-refractivity contribution in [3.05, 3.63) is 0 Å². The summed E-state index contributed by atoms with van der Waals surface area (Å²) in [6.07, 6.45) is 0. The van der Waals surface area contributed by atoms with Crippen LogP contribution in [0.4, 0.5) is 0 Å². The van der Waals surface area contributed by atoms with E-state index in [1.807, 2.05) is 0 Å². The van der Waals surface area contributed by atoms with Crippen LogP contribution in [0, 0.1) is 0 Å². The van der Waals surface area contributed by atoms with E-state index in [0.29, 0.717) is 0 Å². The molecule has 0 aromatic rings. The third-order valence-electron chi connectivity index (χ3n) is 0. The van der Waals surface area contributed by atoms with Gasteiger partial charge in [-0.2, -0.15) is 0 Å². The van der Waals surface area contributed by atoms with E-state index in [1.165, 1.54) is 0 Å². The smallest absolute Gasteiger partial charge is 0 e. The summed E-state index contributed by atoms with van der Waals surface area (Å²) in [6.45, 7) is 27.0. The molecule has 0 N–H and O–H groups in total. The fraction of sp³-hybridized carbons (Fsp3) is 0. The average molecular weight is 352 g/mol. The molecule has 7 heteroatoms. The molecule has 0 heterocycles. The van der Waals surface area contributed by atoms with E-state index in [1.54, 1.807) is 0 Å². The summed E-state index contributed by atoms with van der Waals surface area (Å²) < 4.78 is 0. The van der Waals surface area contributed by atoms with Crippen molar-refractivity contribution < 1.29 is 49.8 Å². The van der Waals surface area contributed by atoms with Crippen molar-refractivity contribution in [3.8, 4) is 0 Å². The van der Waals surface area contributed by atoms with Crippen molar-refractivity contribution in [3.63, 3.8) is 0 Å². The van der Waals surface area contributed by atoms with E-state index < -0.39 is 0 Å². The van der Waals surface area contributed by atoms with Gasteiger partial charge in [0.1, 0.15) is 0 Å². The van der Waals surface area contributed by atoms with Gasteiger partial charge in [0.25, 0.3) is 0 Å². The van der Waals surface area contributed by atoms with Crippen molar-refractivity contribution in [2.75, 3.05) is 0 Å². The number of carbonyl (C=O) groups excluding carboxylic acids is 6. The Morgan fingerprint density at radius 2 is 0.308 bits per heavy atom. The molecular weight excluding hydrogens is 352 g/mol. The molecule has 0 saturated carbocycles. The Kier molecular flexibility index (Phi) is 2820. The molecule has 72 valence electrons. The van der Waals surface area contributed by atoms with E-state index in [4.69, 9.17) is 28.8 Å². The van der Waals surface area contributed by atoms with Crippen molar-refractivity contribution in [2.24, 2.45) is 0 Å². The maximum absolute atomic E-state index is 7.50. The normalized spacial score (nSPS) is 1.85. The topological polar surface area (TPSA) is 102 Å². The van der Waals surface area contributed by atoms with Gasteiger partial charge in [-0.25, -0.2) is 0 Å². The van der Waals surface area contributed by atoms with Crippen LogP contribution >= 0.6 is 0 Å². The van der Waals surface area contributed by atoms with Gasteiger partial charge in [0.15, 0.2) is 0 Å². The molecule has 0 rings (SSSR count). The fourth-order valence-electron chi connectivity index (χ4n) is 0. The maximum Gasteiger partial charge on any atom is 0 e. The molecule has 0 aliphatic heterocycles. The zero-order chi connectivity index (χ0) is 12.0. The first kappa shape index (κ1) is 60.6. The predicted octanol–water partition coefficient (Wildman–Crippen LogP) is -2.39. The molecule has 0 saturated heterocycles. The number of rotatable bonds is 0. The van der Waals surface area contributed by atoms with E-state index in [-0.39, 0.29) is 21.1 Å². The van der Waals surface area contributed by atoms with Gasteiger partial charge >= 0.3 is 0 Å². The summed E-state index contributed by atoms with van der Waals surface area (Å²) in [5, 5.41) is 0. The van der Waals surface area contributed by atoms with Crippen LogP contribution in [0.15, 0.2) is 0 Å². The predicted molar refractivity (Wildman–Crippen MR) is 34.2 cm³/mol. The van der Waals surface area contributed by atoms with Crippen LogP contribution in [0.3, 0.4) is 0 Å². The summed E-state index contributed by atoms with van der Waals surface area (Å²) in [4.78, 5) is 45.0.